The SMILES string of the molecule is CCCc1noc(-c2cccc(CNC(=NC)NCC(C)C)c2)n1.I. The molecule has 1 aromatic carbocycles. The van der Waals surface area contributed by atoms with Crippen LogP contribution in [0.4, 0.5) is 0 Å². The normalized spacial score (nSPS) is 11.3. The minimum Gasteiger partial charge on any atom is -0.356 e. The van der Waals surface area contributed by atoms with Crippen LogP contribution >= 0.6 is 24.0 Å². The van der Waals surface area contributed by atoms with E-state index in [0.29, 0.717) is 18.4 Å². The van der Waals surface area contributed by atoms with E-state index < -0.39 is 0 Å². The summed E-state index contributed by atoms with van der Waals surface area (Å²) in [5, 5.41) is 10.6. The van der Waals surface area contributed by atoms with Crippen molar-refractivity contribution in [3.05, 3.63) is 35.7 Å². The quantitative estimate of drug-likeness (QED) is 0.378. The average Bonchev–Trinajstić information content (AvgIpc) is 3.04. The molecule has 0 saturated heterocycles. The first-order chi connectivity index (χ1) is 11.6. The maximum Gasteiger partial charge on any atom is 0.257 e. The molecule has 0 unspecified atom stereocenters. The molecule has 1 aromatic heterocycles. The highest BCUT2D eigenvalue weighted by Gasteiger charge is 2.09. The highest BCUT2D eigenvalue weighted by Crippen LogP contribution is 2.18. The van der Waals surface area contributed by atoms with E-state index in [1.54, 1.807) is 7.05 Å². The van der Waals surface area contributed by atoms with E-state index in [1.807, 2.05) is 12.1 Å². The van der Waals surface area contributed by atoms with Gasteiger partial charge in [0.2, 0.25) is 0 Å². The number of halogens is 1. The highest BCUT2D eigenvalue weighted by atomic mass is 127. The number of aryl methyl sites for hydroxylation is 1. The van der Waals surface area contributed by atoms with Gasteiger partial charge in [0.05, 0.1) is 0 Å². The molecule has 2 aromatic rings. The zero-order chi connectivity index (χ0) is 17.4. The molecule has 138 valence electrons. The molecule has 2 N–H and O–H groups in total. The zero-order valence-electron chi connectivity index (χ0n) is 15.4. The molecule has 2 rings (SSSR count). The Morgan fingerprint density at radius 2 is 2.08 bits per heavy atom. The van der Waals surface area contributed by atoms with E-state index in [2.05, 4.69) is 58.7 Å². The molecule has 0 spiro atoms. The molecule has 0 aliphatic carbocycles. The smallest absolute Gasteiger partial charge is 0.257 e. The van der Waals surface area contributed by atoms with Gasteiger partial charge in [-0.05, 0) is 30.0 Å². The standard InChI is InChI=1S/C18H27N5O.HI/c1-5-7-16-22-17(24-23-16)15-9-6-8-14(10-15)12-21-18(19-4)20-11-13(2)3;/h6,8-10,13H,5,7,11-12H2,1-4H3,(H2,19,20,21);1H. The van der Waals surface area contributed by atoms with Gasteiger partial charge in [0.1, 0.15) is 0 Å². The monoisotopic (exact) mass is 457 g/mol. The van der Waals surface area contributed by atoms with Gasteiger partial charge < -0.3 is 15.2 Å². The number of nitrogens with zero attached hydrogens (tertiary/aromatic N) is 3. The average molecular weight is 457 g/mol. The van der Waals surface area contributed by atoms with Crippen LogP contribution < -0.4 is 10.6 Å². The first-order valence-corrected chi connectivity index (χ1v) is 8.48. The number of aliphatic imine (C=N–C) groups is 1. The number of hydrogen-bond donors (Lipinski definition) is 2. The lowest BCUT2D eigenvalue weighted by Gasteiger charge is -2.13. The molecule has 0 radical (unpaired) electrons. The van der Waals surface area contributed by atoms with Crippen molar-refractivity contribution in [3.63, 3.8) is 0 Å². The van der Waals surface area contributed by atoms with Crippen molar-refractivity contribution in [1.29, 1.82) is 0 Å². The van der Waals surface area contributed by atoms with Gasteiger partial charge in [0.25, 0.3) is 5.89 Å². The lowest BCUT2D eigenvalue weighted by atomic mass is 10.1. The fourth-order valence-corrected chi connectivity index (χ4v) is 2.22. The van der Waals surface area contributed by atoms with Gasteiger partial charge in [0.15, 0.2) is 11.8 Å². The van der Waals surface area contributed by atoms with E-state index in [-0.39, 0.29) is 24.0 Å². The molecule has 25 heavy (non-hydrogen) atoms. The van der Waals surface area contributed by atoms with Crippen molar-refractivity contribution in [1.82, 2.24) is 20.8 Å². The van der Waals surface area contributed by atoms with E-state index in [4.69, 9.17) is 4.52 Å². The number of benzene rings is 1. The van der Waals surface area contributed by atoms with Crippen LogP contribution in [0.1, 0.15) is 38.6 Å². The number of guanidine groups is 1. The van der Waals surface area contributed by atoms with Crippen LogP contribution in [0, 0.1) is 5.92 Å². The number of nitrogens with one attached hydrogen (secondary N) is 2. The molecule has 0 bridgehead atoms. The van der Waals surface area contributed by atoms with Crippen LogP contribution in [0.25, 0.3) is 11.5 Å². The van der Waals surface area contributed by atoms with Crippen molar-refractivity contribution in [2.75, 3.05) is 13.6 Å². The van der Waals surface area contributed by atoms with Crippen molar-refractivity contribution in [2.45, 2.75) is 40.2 Å². The molecular formula is C18H28IN5O. The van der Waals surface area contributed by atoms with E-state index >= 15 is 0 Å². The third-order valence-corrected chi connectivity index (χ3v) is 3.48. The summed E-state index contributed by atoms with van der Waals surface area (Å²) in [5.41, 5.74) is 2.07. The minimum absolute atomic E-state index is 0. The summed E-state index contributed by atoms with van der Waals surface area (Å²) >= 11 is 0. The molecule has 7 heteroatoms. The third kappa shape index (κ3) is 7.01. The Kier molecular flexibility index (Phi) is 9.48. The van der Waals surface area contributed by atoms with Gasteiger partial charge in [0, 0.05) is 32.1 Å². The number of rotatable bonds is 7. The second kappa shape index (κ2) is 11.1. The summed E-state index contributed by atoms with van der Waals surface area (Å²) in [6, 6.07) is 8.11. The third-order valence-electron chi connectivity index (χ3n) is 3.48. The van der Waals surface area contributed by atoms with Gasteiger partial charge in [-0.1, -0.05) is 38.1 Å². The molecule has 0 aliphatic heterocycles. The van der Waals surface area contributed by atoms with Gasteiger partial charge in [-0.2, -0.15) is 4.98 Å². The van der Waals surface area contributed by atoms with Crippen molar-refractivity contribution < 1.29 is 4.52 Å². The predicted octanol–water partition coefficient (Wildman–Crippen LogP) is 3.63. The Balaban J connectivity index is 0.00000312. The first-order valence-electron chi connectivity index (χ1n) is 8.48. The fourth-order valence-electron chi connectivity index (χ4n) is 2.22. The Bertz CT molecular complexity index is 669. The second-order valence-corrected chi connectivity index (χ2v) is 6.17. The summed E-state index contributed by atoms with van der Waals surface area (Å²) in [4.78, 5) is 8.67. The van der Waals surface area contributed by atoms with Crippen LogP contribution in [0.5, 0.6) is 0 Å². The van der Waals surface area contributed by atoms with Crippen LogP contribution in [0.2, 0.25) is 0 Å². The topological polar surface area (TPSA) is 75.3 Å². The Morgan fingerprint density at radius 3 is 2.76 bits per heavy atom. The molecule has 0 aliphatic rings. The Morgan fingerprint density at radius 1 is 1.28 bits per heavy atom. The van der Waals surface area contributed by atoms with Crippen LogP contribution in [-0.2, 0) is 13.0 Å². The molecule has 0 amide bonds. The summed E-state index contributed by atoms with van der Waals surface area (Å²) in [5.74, 6) is 2.70. The number of aromatic nitrogens is 2. The van der Waals surface area contributed by atoms with Gasteiger partial charge in [-0.15, -0.1) is 24.0 Å². The molecule has 1 heterocycles. The summed E-state index contributed by atoms with van der Waals surface area (Å²) in [7, 11) is 1.78. The Labute approximate surface area is 166 Å². The zero-order valence-corrected chi connectivity index (χ0v) is 17.7. The maximum atomic E-state index is 5.35. The highest BCUT2D eigenvalue weighted by molar-refractivity contribution is 14.0. The van der Waals surface area contributed by atoms with Crippen molar-refractivity contribution in [3.8, 4) is 11.5 Å². The van der Waals surface area contributed by atoms with E-state index in [0.717, 1.165) is 42.3 Å². The summed E-state index contributed by atoms with van der Waals surface area (Å²) < 4.78 is 5.35. The van der Waals surface area contributed by atoms with Crippen molar-refractivity contribution in [2.24, 2.45) is 10.9 Å². The fraction of sp³-hybridized carbons (Fsp3) is 0.500. The molecule has 0 saturated carbocycles. The lowest BCUT2D eigenvalue weighted by Crippen LogP contribution is -2.38. The molecular weight excluding hydrogens is 429 g/mol. The van der Waals surface area contributed by atoms with Gasteiger partial charge in [-0.25, -0.2) is 0 Å². The first kappa shape index (κ1) is 21.4. The van der Waals surface area contributed by atoms with E-state index in [9.17, 15) is 0 Å². The largest absolute Gasteiger partial charge is 0.356 e. The molecule has 0 atom stereocenters. The van der Waals surface area contributed by atoms with Crippen LogP contribution in [-0.4, -0.2) is 29.7 Å². The summed E-state index contributed by atoms with van der Waals surface area (Å²) in [6.45, 7) is 8.01. The minimum atomic E-state index is 0. The van der Waals surface area contributed by atoms with Gasteiger partial charge >= 0.3 is 0 Å². The van der Waals surface area contributed by atoms with Crippen LogP contribution in [0.3, 0.4) is 0 Å². The molecule has 0 fully saturated rings. The lowest BCUT2D eigenvalue weighted by molar-refractivity contribution is 0.422. The van der Waals surface area contributed by atoms with Crippen LogP contribution in [0.15, 0.2) is 33.8 Å². The Hall–Kier alpha value is -1.64. The molecule has 6 nitrogen and oxygen atoms in total. The second-order valence-electron chi connectivity index (χ2n) is 6.17. The summed E-state index contributed by atoms with van der Waals surface area (Å²) in [6.07, 6.45) is 1.84. The number of hydrogen-bond acceptors (Lipinski definition) is 4. The van der Waals surface area contributed by atoms with Crippen molar-refractivity contribution >= 4 is 29.9 Å². The van der Waals surface area contributed by atoms with Gasteiger partial charge in [-0.3, -0.25) is 4.99 Å². The van der Waals surface area contributed by atoms with E-state index in [1.165, 1.54) is 0 Å². The maximum absolute atomic E-state index is 5.35. The predicted molar refractivity (Wildman–Crippen MR) is 112 cm³/mol.